The Hall–Kier alpha value is -0.710. The van der Waals surface area contributed by atoms with E-state index in [0.717, 1.165) is 0 Å². The topological polar surface area (TPSA) is 41.1 Å². The first-order valence-electron chi connectivity index (χ1n) is 4.32. The molecule has 1 aliphatic heterocycles. The van der Waals surface area contributed by atoms with Crippen LogP contribution < -0.4 is 10.6 Å². The van der Waals surface area contributed by atoms with Gasteiger partial charge in [0, 0.05) is 25.6 Å². The molecule has 13 heavy (non-hydrogen) atoms. The van der Waals surface area contributed by atoms with Gasteiger partial charge >= 0.3 is 5.92 Å². The lowest BCUT2D eigenvalue weighted by atomic mass is 10.2. The summed E-state index contributed by atoms with van der Waals surface area (Å²) < 4.78 is 24.9. The molecule has 0 aromatic rings. The van der Waals surface area contributed by atoms with Gasteiger partial charge in [-0.25, -0.2) is 0 Å². The van der Waals surface area contributed by atoms with Crippen molar-refractivity contribution in [1.29, 1.82) is 0 Å². The van der Waals surface area contributed by atoms with E-state index >= 15 is 0 Å². The zero-order chi connectivity index (χ0) is 10.1. The Morgan fingerprint density at radius 2 is 2.23 bits per heavy atom. The highest BCUT2D eigenvalue weighted by Gasteiger charge is 2.34. The van der Waals surface area contributed by atoms with Crippen LogP contribution in [-0.2, 0) is 4.79 Å². The number of nitrogens with one attached hydrogen (secondary N) is 2. The second kappa shape index (κ2) is 3.57. The monoisotopic (exact) mass is 192 g/mol. The summed E-state index contributed by atoms with van der Waals surface area (Å²) in [6.45, 7) is 3.13. The lowest BCUT2D eigenvalue weighted by molar-refractivity contribution is -0.143. The SMILES string of the molecule is C[C@H]1C[C@@H](NC(=O)C(C)(F)F)CN1. The van der Waals surface area contributed by atoms with E-state index < -0.39 is 11.8 Å². The molecule has 0 aromatic carbocycles. The second-order valence-electron chi connectivity index (χ2n) is 3.60. The molecule has 0 spiro atoms. The third kappa shape index (κ3) is 2.91. The number of hydrogen-bond acceptors (Lipinski definition) is 2. The number of hydrogen-bond donors (Lipinski definition) is 2. The minimum absolute atomic E-state index is 0.159. The van der Waals surface area contributed by atoms with Crippen LogP contribution in [0.3, 0.4) is 0 Å². The van der Waals surface area contributed by atoms with Gasteiger partial charge in [0.15, 0.2) is 0 Å². The summed E-state index contributed by atoms with van der Waals surface area (Å²) in [4.78, 5) is 10.8. The van der Waals surface area contributed by atoms with E-state index in [0.29, 0.717) is 19.9 Å². The number of alkyl halides is 2. The van der Waals surface area contributed by atoms with Crippen molar-refractivity contribution in [3.8, 4) is 0 Å². The van der Waals surface area contributed by atoms with Gasteiger partial charge in [-0.1, -0.05) is 0 Å². The first kappa shape index (κ1) is 10.4. The van der Waals surface area contributed by atoms with Gasteiger partial charge in [-0.3, -0.25) is 4.79 Å². The first-order chi connectivity index (χ1) is 5.89. The van der Waals surface area contributed by atoms with E-state index in [-0.39, 0.29) is 12.1 Å². The fourth-order valence-corrected chi connectivity index (χ4v) is 1.36. The summed E-state index contributed by atoms with van der Waals surface area (Å²) in [5.41, 5.74) is 0. The Labute approximate surface area is 75.9 Å². The average Bonchev–Trinajstić information content (AvgIpc) is 2.33. The van der Waals surface area contributed by atoms with Crippen LogP contribution in [-0.4, -0.2) is 30.5 Å². The molecule has 0 saturated carbocycles. The van der Waals surface area contributed by atoms with Gasteiger partial charge in [-0.15, -0.1) is 0 Å². The summed E-state index contributed by atoms with van der Waals surface area (Å²) in [5.74, 6) is -4.46. The van der Waals surface area contributed by atoms with Crippen molar-refractivity contribution >= 4 is 5.91 Å². The van der Waals surface area contributed by atoms with Gasteiger partial charge in [-0.05, 0) is 13.3 Å². The average molecular weight is 192 g/mol. The lowest BCUT2D eigenvalue weighted by Gasteiger charge is -2.15. The summed E-state index contributed by atoms with van der Waals surface area (Å²) in [6, 6.07) is 0.129. The van der Waals surface area contributed by atoms with Crippen molar-refractivity contribution in [2.24, 2.45) is 0 Å². The Balaban J connectivity index is 2.37. The van der Waals surface area contributed by atoms with Crippen molar-refractivity contribution < 1.29 is 13.6 Å². The highest BCUT2D eigenvalue weighted by Crippen LogP contribution is 2.13. The van der Waals surface area contributed by atoms with Crippen LogP contribution in [0.1, 0.15) is 20.3 Å². The van der Waals surface area contributed by atoms with Crippen molar-refractivity contribution in [1.82, 2.24) is 10.6 Å². The summed E-state index contributed by atoms with van der Waals surface area (Å²) >= 11 is 0. The zero-order valence-electron chi connectivity index (χ0n) is 7.73. The molecule has 0 aliphatic carbocycles. The molecule has 2 atom stereocenters. The van der Waals surface area contributed by atoms with Crippen LogP contribution in [0.5, 0.6) is 0 Å². The fraction of sp³-hybridized carbons (Fsp3) is 0.875. The highest BCUT2D eigenvalue weighted by atomic mass is 19.3. The van der Waals surface area contributed by atoms with Gasteiger partial charge in [0.2, 0.25) is 0 Å². The van der Waals surface area contributed by atoms with Crippen molar-refractivity contribution in [2.75, 3.05) is 6.54 Å². The molecule has 2 N–H and O–H groups in total. The van der Waals surface area contributed by atoms with E-state index in [9.17, 15) is 13.6 Å². The Kier molecular flexibility index (Phi) is 2.85. The molecular formula is C8H14F2N2O. The van der Waals surface area contributed by atoms with Crippen LogP contribution >= 0.6 is 0 Å². The van der Waals surface area contributed by atoms with Gasteiger partial charge in [0.25, 0.3) is 5.91 Å². The largest absolute Gasteiger partial charge is 0.347 e. The lowest BCUT2D eigenvalue weighted by Crippen LogP contribution is -2.44. The quantitative estimate of drug-likeness (QED) is 0.669. The van der Waals surface area contributed by atoms with Crippen LogP contribution in [0.25, 0.3) is 0 Å². The first-order valence-corrected chi connectivity index (χ1v) is 4.32. The molecule has 3 nitrogen and oxygen atoms in total. The fourth-order valence-electron chi connectivity index (χ4n) is 1.36. The number of rotatable bonds is 2. The second-order valence-corrected chi connectivity index (χ2v) is 3.60. The van der Waals surface area contributed by atoms with Gasteiger partial charge in [0.05, 0.1) is 0 Å². The Morgan fingerprint density at radius 3 is 2.62 bits per heavy atom. The number of carbonyl (C=O) groups is 1. The van der Waals surface area contributed by atoms with Crippen molar-refractivity contribution in [3.63, 3.8) is 0 Å². The smallest absolute Gasteiger partial charge is 0.321 e. The third-order valence-corrected chi connectivity index (χ3v) is 2.08. The summed E-state index contributed by atoms with van der Waals surface area (Å²) in [7, 11) is 0. The predicted octanol–water partition coefficient (Wildman–Crippen LogP) is 0.508. The van der Waals surface area contributed by atoms with E-state index in [2.05, 4.69) is 10.6 Å². The number of carbonyl (C=O) groups excluding carboxylic acids is 1. The van der Waals surface area contributed by atoms with Gasteiger partial charge in [0.1, 0.15) is 0 Å². The van der Waals surface area contributed by atoms with Crippen LogP contribution in [0, 0.1) is 0 Å². The summed E-state index contributed by atoms with van der Waals surface area (Å²) in [6.07, 6.45) is 0.710. The summed E-state index contributed by atoms with van der Waals surface area (Å²) in [5, 5.41) is 5.36. The van der Waals surface area contributed by atoms with E-state index in [1.807, 2.05) is 6.92 Å². The molecule has 1 aliphatic rings. The maximum atomic E-state index is 12.4. The predicted molar refractivity (Wildman–Crippen MR) is 44.6 cm³/mol. The van der Waals surface area contributed by atoms with E-state index in [1.165, 1.54) is 0 Å². The van der Waals surface area contributed by atoms with E-state index in [4.69, 9.17) is 0 Å². The van der Waals surface area contributed by atoms with E-state index in [1.54, 1.807) is 0 Å². The van der Waals surface area contributed by atoms with Crippen LogP contribution in [0.2, 0.25) is 0 Å². The Morgan fingerprint density at radius 1 is 1.62 bits per heavy atom. The van der Waals surface area contributed by atoms with Gasteiger partial charge in [-0.2, -0.15) is 8.78 Å². The molecule has 0 bridgehead atoms. The van der Waals surface area contributed by atoms with Crippen LogP contribution in [0.15, 0.2) is 0 Å². The molecule has 5 heteroatoms. The molecule has 1 saturated heterocycles. The number of amides is 1. The molecule has 1 rings (SSSR count). The highest BCUT2D eigenvalue weighted by molar-refractivity contribution is 5.83. The third-order valence-electron chi connectivity index (χ3n) is 2.08. The maximum absolute atomic E-state index is 12.4. The molecule has 1 fully saturated rings. The van der Waals surface area contributed by atoms with Gasteiger partial charge < -0.3 is 10.6 Å². The molecule has 0 radical (unpaired) electrons. The minimum atomic E-state index is -3.27. The van der Waals surface area contributed by atoms with Crippen LogP contribution in [0.4, 0.5) is 8.78 Å². The molecule has 76 valence electrons. The molecule has 0 unspecified atom stereocenters. The standard InChI is InChI=1S/C8H14F2N2O/c1-5-3-6(4-11-5)12-7(13)8(2,9)10/h5-6,11H,3-4H2,1-2H3,(H,12,13)/t5-,6+/m0/s1. The maximum Gasteiger partial charge on any atom is 0.321 e. The molecule has 1 heterocycles. The minimum Gasteiger partial charge on any atom is -0.347 e. The van der Waals surface area contributed by atoms with Crippen molar-refractivity contribution in [2.45, 2.75) is 38.3 Å². The molecule has 1 amide bonds. The number of halogens is 2. The Bertz CT molecular complexity index is 203. The molecule has 0 aromatic heterocycles. The normalized spacial score (nSPS) is 28.9. The molecular weight excluding hydrogens is 178 g/mol. The van der Waals surface area contributed by atoms with Crippen molar-refractivity contribution in [3.05, 3.63) is 0 Å². The zero-order valence-corrected chi connectivity index (χ0v) is 7.73.